The lowest BCUT2D eigenvalue weighted by Gasteiger charge is -2.09. The number of nitrogens with zero attached hydrogens (tertiary/aromatic N) is 4. The molecule has 5 aromatic rings. The Morgan fingerprint density at radius 1 is 0.892 bits per heavy atom. The molecule has 0 atom stereocenters. The maximum absolute atomic E-state index is 13.0. The van der Waals surface area contributed by atoms with Crippen molar-refractivity contribution in [1.82, 2.24) is 19.6 Å². The number of benzene rings is 2. The normalized spacial score (nSPS) is 10.9. The van der Waals surface area contributed by atoms with Crippen LogP contribution in [0, 0.1) is 20.8 Å². The summed E-state index contributed by atoms with van der Waals surface area (Å²) in [5.74, 6) is -0.647. The molecule has 0 saturated carbocycles. The number of carbonyl (C=O) groups is 2. The van der Waals surface area contributed by atoms with Crippen LogP contribution in [0.15, 0.2) is 83.5 Å². The zero-order valence-corrected chi connectivity index (χ0v) is 20.6. The quantitative estimate of drug-likeness (QED) is 0.317. The van der Waals surface area contributed by atoms with Crippen molar-refractivity contribution in [3.8, 4) is 22.8 Å². The molecule has 0 bridgehead atoms. The molecule has 3 aromatic heterocycles. The van der Waals surface area contributed by atoms with Crippen LogP contribution in [-0.4, -0.2) is 38.0 Å². The molecule has 3 heterocycles. The Labute approximate surface area is 213 Å². The maximum atomic E-state index is 13.0. The predicted molar refractivity (Wildman–Crippen MR) is 138 cm³/mol. The van der Waals surface area contributed by atoms with Crippen LogP contribution in [0.5, 0.6) is 0 Å². The van der Waals surface area contributed by atoms with Gasteiger partial charge >= 0.3 is 5.97 Å². The van der Waals surface area contributed by atoms with Gasteiger partial charge in [0, 0.05) is 6.07 Å². The molecule has 0 spiro atoms. The molecule has 0 saturated heterocycles. The molecule has 9 heteroatoms. The second-order valence-corrected chi connectivity index (χ2v) is 8.56. The van der Waals surface area contributed by atoms with E-state index in [0.29, 0.717) is 28.5 Å². The third kappa shape index (κ3) is 4.92. The first-order valence-electron chi connectivity index (χ1n) is 11.7. The molecule has 0 aliphatic carbocycles. The van der Waals surface area contributed by atoms with Crippen LogP contribution in [0.3, 0.4) is 0 Å². The molecule has 2 aromatic carbocycles. The molecule has 37 heavy (non-hydrogen) atoms. The van der Waals surface area contributed by atoms with Crippen LogP contribution < -0.4 is 5.32 Å². The van der Waals surface area contributed by atoms with Gasteiger partial charge in [0.2, 0.25) is 0 Å². The van der Waals surface area contributed by atoms with E-state index in [2.05, 4.69) is 15.5 Å². The van der Waals surface area contributed by atoms with E-state index in [-0.39, 0.29) is 5.69 Å². The number of nitrogens with one attached hydrogen (secondary N) is 1. The number of hydrogen-bond donors (Lipinski definition) is 1. The topological polar surface area (TPSA) is 104 Å². The summed E-state index contributed by atoms with van der Waals surface area (Å²) in [6, 6.07) is 22.2. The van der Waals surface area contributed by atoms with Gasteiger partial charge in [-0.2, -0.15) is 10.2 Å². The molecule has 9 nitrogen and oxygen atoms in total. The van der Waals surface area contributed by atoms with Crippen LogP contribution in [0.25, 0.3) is 22.8 Å². The lowest BCUT2D eigenvalue weighted by atomic mass is 10.2. The van der Waals surface area contributed by atoms with Crippen molar-refractivity contribution in [3.63, 3.8) is 0 Å². The standard InChI is InChI=1S/C28H25N5O4/c1-18-11-13-22(14-12-18)32-20(3)27(19(2)30-32)29-26(34)17-37-28(35)24-16-23(25-10-7-15-36-25)31-33(24)21-8-5-4-6-9-21/h4-16H,17H2,1-3H3,(H,29,34). The van der Waals surface area contributed by atoms with Crippen molar-refractivity contribution in [3.05, 3.63) is 102 Å². The minimum atomic E-state index is -0.687. The van der Waals surface area contributed by atoms with Crippen molar-refractivity contribution in [2.75, 3.05) is 11.9 Å². The van der Waals surface area contributed by atoms with Gasteiger partial charge in [0.05, 0.1) is 34.7 Å². The summed E-state index contributed by atoms with van der Waals surface area (Å²) in [4.78, 5) is 25.7. The number of ether oxygens (including phenoxy) is 1. The number of hydrogen-bond acceptors (Lipinski definition) is 6. The zero-order valence-electron chi connectivity index (χ0n) is 20.6. The summed E-state index contributed by atoms with van der Waals surface area (Å²) in [5.41, 5.74) is 5.35. The number of rotatable bonds is 7. The predicted octanol–water partition coefficient (Wildman–Crippen LogP) is 5.04. The number of carbonyl (C=O) groups excluding carboxylic acids is 2. The lowest BCUT2D eigenvalue weighted by molar-refractivity contribution is -0.119. The lowest BCUT2D eigenvalue weighted by Crippen LogP contribution is -2.22. The highest BCUT2D eigenvalue weighted by molar-refractivity contribution is 5.96. The zero-order chi connectivity index (χ0) is 25.9. The van der Waals surface area contributed by atoms with Gasteiger partial charge in [0.15, 0.2) is 18.1 Å². The first-order chi connectivity index (χ1) is 17.9. The van der Waals surface area contributed by atoms with Crippen molar-refractivity contribution < 1.29 is 18.7 Å². The SMILES string of the molecule is Cc1ccc(-n2nc(C)c(NC(=O)COC(=O)c3cc(-c4ccco4)nn3-c3ccccc3)c2C)cc1. The minimum Gasteiger partial charge on any atom is -0.463 e. The largest absolute Gasteiger partial charge is 0.463 e. The van der Waals surface area contributed by atoms with Gasteiger partial charge in [-0.15, -0.1) is 0 Å². The fraction of sp³-hybridized carbons (Fsp3) is 0.143. The minimum absolute atomic E-state index is 0.171. The smallest absolute Gasteiger partial charge is 0.357 e. The van der Waals surface area contributed by atoms with Gasteiger partial charge < -0.3 is 14.5 Å². The Hall–Kier alpha value is -4.92. The molecule has 0 radical (unpaired) electrons. The van der Waals surface area contributed by atoms with E-state index in [4.69, 9.17) is 9.15 Å². The second kappa shape index (κ2) is 9.98. The summed E-state index contributed by atoms with van der Waals surface area (Å²) < 4.78 is 14.0. The fourth-order valence-corrected chi connectivity index (χ4v) is 3.98. The van der Waals surface area contributed by atoms with Crippen LogP contribution in [0.2, 0.25) is 0 Å². The monoisotopic (exact) mass is 495 g/mol. The number of para-hydroxylation sites is 1. The van der Waals surface area contributed by atoms with E-state index in [1.54, 1.807) is 22.9 Å². The Morgan fingerprint density at radius 2 is 1.62 bits per heavy atom. The van der Waals surface area contributed by atoms with E-state index in [1.807, 2.05) is 75.4 Å². The molecule has 0 unspecified atom stereocenters. The van der Waals surface area contributed by atoms with Crippen LogP contribution >= 0.6 is 0 Å². The molecule has 1 N–H and O–H groups in total. The van der Waals surface area contributed by atoms with Crippen molar-refractivity contribution in [2.45, 2.75) is 20.8 Å². The molecule has 0 aliphatic rings. The first kappa shape index (κ1) is 23.8. The van der Waals surface area contributed by atoms with E-state index >= 15 is 0 Å². The number of anilines is 1. The number of esters is 1. The van der Waals surface area contributed by atoms with Gasteiger partial charge in [-0.3, -0.25) is 4.79 Å². The number of furan rings is 1. The van der Waals surface area contributed by atoms with Gasteiger partial charge in [-0.1, -0.05) is 35.9 Å². The van der Waals surface area contributed by atoms with Crippen LogP contribution in [0.1, 0.15) is 27.4 Å². The van der Waals surface area contributed by atoms with Gasteiger partial charge in [0.25, 0.3) is 5.91 Å². The van der Waals surface area contributed by atoms with Crippen molar-refractivity contribution in [1.29, 1.82) is 0 Å². The number of amides is 1. The summed E-state index contributed by atoms with van der Waals surface area (Å²) in [7, 11) is 0. The molecular formula is C28H25N5O4. The number of aryl methyl sites for hydroxylation is 2. The summed E-state index contributed by atoms with van der Waals surface area (Å²) >= 11 is 0. The third-order valence-corrected chi connectivity index (χ3v) is 5.86. The number of aromatic nitrogens is 4. The van der Waals surface area contributed by atoms with E-state index < -0.39 is 18.5 Å². The summed E-state index contributed by atoms with van der Waals surface area (Å²) in [6.07, 6.45) is 1.53. The van der Waals surface area contributed by atoms with Gasteiger partial charge in [-0.25, -0.2) is 14.2 Å². The highest BCUT2D eigenvalue weighted by Gasteiger charge is 2.22. The molecule has 0 fully saturated rings. The Balaban J connectivity index is 1.32. The molecular weight excluding hydrogens is 470 g/mol. The fourth-order valence-electron chi connectivity index (χ4n) is 3.98. The summed E-state index contributed by atoms with van der Waals surface area (Å²) in [6.45, 7) is 5.23. The van der Waals surface area contributed by atoms with Crippen molar-refractivity contribution in [2.24, 2.45) is 0 Å². The molecule has 0 aliphatic heterocycles. The Morgan fingerprint density at radius 3 is 2.32 bits per heavy atom. The Kier molecular flexibility index (Phi) is 6.42. The highest BCUT2D eigenvalue weighted by atomic mass is 16.5. The second-order valence-electron chi connectivity index (χ2n) is 8.56. The average Bonchev–Trinajstić information content (AvgIpc) is 3.65. The maximum Gasteiger partial charge on any atom is 0.357 e. The summed E-state index contributed by atoms with van der Waals surface area (Å²) in [5, 5.41) is 11.9. The Bertz CT molecular complexity index is 1550. The third-order valence-electron chi connectivity index (χ3n) is 5.86. The molecule has 5 rings (SSSR count). The van der Waals surface area contributed by atoms with Crippen LogP contribution in [0.4, 0.5) is 5.69 Å². The van der Waals surface area contributed by atoms with E-state index in [9.17, 15) is 9.59 Å². The van der Waals surface area contributed by atoms with E-state index in [1.165, 1.54) is 10.9 Å². The van der Waals surface area contributed by atoms with Crippen LogP contribution in [-0.2, 0) is 9.53 Å². The molecule has 186 valence electrons. The van der Waals surface area contributed by atoms with Crippen molar-refractivity contribution >= 4 is 17.6 Å². The average molecular weight is 496 g/mol. The van der Waals surface area contributed by atoms with E-state index in [0.717, 1.165) is 16.9 Å². The van der Waals surface area contributed by atoms with Gasteiger partial charge in [-0.05, 0) is 57.2 Å². The first-order valence-corrected chi connectivity index (χ1v) is 11.7. The highest BCUT2D eigenvalue weighted by Crippen LogP contribution is 2.24. The van der Waals surface area contributed by atoms with Gasteiger partial charge in [0.1, 0.15) is 5.69 Å². The molecule has 1 amide bonds.